The van der Waals surface area contributed by atoms with Crippen LogP contribution in [-0.2, 0) is 6.54 Å². The molecule has 0 bridgehead atoms. The normalized spacial score (nSPS) is 11.6. The molecule has 2 aromatic rings. The van der Waals surface area contributed by atoms with Crippen molar-refractivity contribution in [3.05, 3.63) is 48.3 Å². The number of aromatic nitrogens is 2. The van der Waals surface area contributed by atoms with Crippen molar-refractivity contribution in [3.8, 4) is 0 Å². The van der Waals surface area contributed by atoms with Crippen LogP contribution in [0.5, 0.6) is 0 Å². The molecule has 1 aromatic heterocycles. The van der Waals surface area contributed by atoms with Gasteiger partial charge in [-0.15, -0.1) is 0 Å². The third kappa shape index (κ3) is 5.05. The van der Waals surface area contributed by atoms with Crippen LogP contribution in [0.2, 0.25) is 0 Å². The molecule has 0 amide bonds. The summed E-state index contributed by atoms with van der Waals surface area (Å²) < 4.78 is 1.95. The second-order valence-electron chi connectivity index (χ2n) is 6.02. The van der Waals surface area contributed by atoms with Crippen molar-refractivity contribution >= 4 is 5.69 Å². The monoisotopic (exact) mass is 272 g/mol. The third-order valence-electron chi connectivity index (χ3n) is 2.93. The van der Waals surface area contributed by atoms with Crippen LogP contribution in [0.4, 0.5) is 5.69 Å². The van der Waals surface area contributed by atoms with Crippen molar-refractivity contribution in [3.63, 3.8) is 0 Å². The molecular formula is C16H24N4. The first kappa shape index (κ1) is 14.6. The lowest BCUT2D eigenvalue weighted by Gasteiger charge is -2.20. The first-order chi connectivity index (χ1) is 9.53. The van der Waals surface area contributed by atoms with Crippen LogP contribution in [0.25, 0.3) is 0 Å². The summed E-state index contributed by atoms with van der Waals surface area (Å²) in [5.74, 6) is 0. The lowest BCUT2D eigenvalue weighted by atomic mass is 10.1. The van der Waals surface area contributed by atoms with Gasteiger partial charge >= 0.3 is 0 Å². The fraction of sp³-hybridized carbons (Fsp3) is 0.438. The van der Waals surface area contributed by atoms with E-state index < -0.39 is 0 Å². The highest BCUT2D eigenvalue weighted by Gasteiger charge is 2.07. The highest BCUT2D eigenvalue weighted by atomic mass is 15.3. The molecule has 0 aliphatic carbocycles. The van der Waals surface area contributed by atoms with Crippen molar-refractivity contribution in [2.75, 3.05) is 18.4 Å². The summed E-state index contributed by atoms with van der Waals surface area (Å²) in [7, 11) is 0. The summed E-state index contributed by atoms with van der Waals surface area (Å²) >= 11 is 0. The van der Waals surface area contributed by atoms with Crippen molar-refractivity contribution < 1.29 is 0 Å². The van der Waals surface area contributed by atoms with Crippen molar-refractivity contribution in [1.29, 1.82) is 0 Å². The zero-order valence-electron chi connectivity index (χ0n) is 12.6. The van der Waals surface area contributed by atoms with Gasteiger partial charge in [0.05, 0.1) is 18.4 Å². The molecule has 108 valence electrons. The molecule has 0 atom stereocenters. The Morgan fingerprint density at radius 3 is 2.55 bits per heavy atom. The van der Waals surface area contributed by atoms with Crippen molar-refractivity contribution in [2.45, 2.75) is 32.9 Å². The minimum Gasteiger partial charge on any atom is -0.381 e. The number of hydrogen-bond acceptors (Lipinski definition) is 3. The molecule has 1 aromatic carbocycles. The predicted octanol–water partition coefficient (Wildman–Crippen LogP) is 2.73. The van der Waals surface area contributed by atoms with Gasteiger partial charge in [-0.1, -0.05) is 30.3 Å². The molecular weight excluding hydrogens is 248 g/mol. The van der Waals surface area contributed by atoms with E-state index in [-0.39, 0.29) is 5.54 Å². The smallest absolute Gasteiger partial charge is 0.0727 e. The molecule has 0 aliphatic rings. The Bertz CT molecular complexity index is 511. The van der Waals surface area contributed by atoms with E-state index in [1.54, 1.807) is 0 Å². The summed E-state index contributed by atoms with van der Waals surface area (Å²) in [5, 5.41) is 11.2. The Morgan fingerprint density at radius 1 is 1.10 bits per heavy atom. The van der Waals surface area contributed by atoms with E-state index in [4.69, 9.17) is 0 Å². The Labute approximate surface area is 121 Å². The topological polar surface area (TPSA) is 41.9 Å². The second kappa shape index (κ2) is 6.57. The van der Waals surface area contributed by atoms with E-state index >= 15 is 0 Å². The first-order valence-electron chi connectivity index (χ1n) is 7.08. The third-order valence-corrected chi connectivity index (χ3v) is 2.93. The summed E-state index contributed by atoms with van der Waals surface area (Å²) in [5.41, 5.74) is 2.49. The molecule has 1 heterocycles. The number of nitrogens with zero attached hydrogens (tertiary/aromatic N) is 2. The van der Waals surface area contributed by atoms with Crippen molar-refractivity contribution in [2.24, 2.45) is 0 Å². The summed E-state index contributed by atoms with van der Waals surface area (Å²) in [6.07, 6.45) is 3.92. The van der Waals surface area contributed by atoms with Crippen LogP contribution >= 0.6 is 0 Å². The van der Waals surface area contributed by atoms with Gasteiger partial charge in [0.1, 0.15) is 0 Å². The SMILES string of the molecule is CC(C)(C)NCCNc1cnn(Cc2ccccc2)c1. The summed E-state index contributed by atoms with van der Waals surface area (Å²) in [6, 6.07) is 10.4. The molecule has 20 heavy (non-hydrogen) atoms. The van der Waals surface area contributed by atoms with Crippen LogP contribution in [0.15, 0.2) is 42.7 Å². The number of hydrogen-bond donors (Lipinski definition) is 2. The maximum atomic E-state index is 4.37. The first-order valence-corrected chi connectivity index (χ1v) is 7.08. The van der Waals surface area contributed by atoms with Crippen LogP contribution in [0, 0.1) is 0 Å². The summed E-state index contributed by atoms with van der Waals surface area (Å²) in [6.45, 7) is 9.16. The molecule has 0 radical (unpaired) electrons. The lowest BCUT2D eigenvalue weighted by molar-refractivity contribution is 0.435. The zero-order chi connectivity index (χ0) is 14.4. The quantitative estimate of drug-likeness (QED) is 0.795. The maximum absolute atomic E-state index is 4.37. The van der Waals surface area contributed by atoms with Crippen LogP contribution < -0.4 is 10.6 Å². The standard InChI is InChI=1S/C16H24N4/c1-16(2,3)18-10-9-17-15-11-19-20(13-15)12-14-7-5-4-6-8-14/h4-8,11,13,17-18H,9-10,12H2,1-3H3. The Hall–Kier alpha value is -1.81. The maximum Gasteiger partial charge on any atom is 0.0727 e. The fourth-order valence-electron chi connectivity index (χ4n) is 1.96. The minimum absolute atomic E-state index is 0.166. The Morgan fingerprint density at radius 2 is 1.85 bits per heavy atom. The van der Waals surface area contributed by atoms with E-state index in [0.717, 1.165) is 25.3 Å². The molecule has 4 nitrogen and oxygen atoms in total. The number of benzene rings is 1. The zero-order valence-corrected chi connectivity index (χ0v) is 12.6. The van der Waals surface area contributed by atoms with E-state index in [2.05, 4.69) is 60.8 Å². The fourth-order valence-corrected chi connectivity index (χ4v) is 1.96. The molecule has 0 fully saturated rings. The summed E-state index contributed by atoms with van der Waals surface area (Å²) in [4.78, 5) is 0. The van der Waals surface area contributed by atoms with E-state index in [0.29, 0.717) is 0 Å². The molecule has 2 rings (SSSR count). The molecule has 2 N–H and O–H groups in total. The lowest BCUT2D eigenvalue weighted by Crippen LogP contribution is -2.38. The largest absolute Gasteiger partial charge is 0.381 e. The number of nitrogens with one attached hydrogen (secondary N) is 2. The van der Waals surface area contributed by atoms with E-state index in [1.807, 2.05) is 23.1 Å². The van der Waals surface area contributed by atoms with Gasteiger partial charge in [0.15, 0.2) is 0 Å². The molecule has 0 unspecified atom stereocenters. The highest BCUT2D eigenvalue weighted by molar-refractivity contribution is 5.38. The van der Waals surface area contributed by atoms with Crippen LogP contribution in [0.3, 0.4) is 0 Å². The Kier molecular flexibility index (Phi) is 4.79. The number of anilines is 1. The molecule has 0 saturated heterocycles. The molecule has 0 saturated carbocycles. The van der Waals surface area contributed by atoms with E-state index in [1.165, 1.54) is 5.56 Å². The van der Waals surface area contributed by atoms with Gasteiger partial charge in [-0.2, -0.15) is 5.10 Å². The Balaban J connectivity index is 1.78. The highest BCUT2D eigenvalue weighted by Crippen LogP contribution is 2.07. The number of rotatable bonds is 6. The predicted molar refractivity (Wildman–Crippen MR) is 84.0 cm³/mol. The van der Waals surface area contributed by atoms with Crippen molar-refractivity contribution in [1.82, 2.24) is 15.1 Å². The van der Waals surface area contributed by atoms with E-state index in [9.17, 15) is 0 Å². The second-order valence-corrected chi connectivity index (χ2v) is 6.02. The molecule has 4 heteroatoms. The van der Waals surface area contributed by atoms with Gasteiger partial charge in [0.25, 0.3) is 0 Å². The molecule has 0 aliphatic heterocycles. The molecule has 0 spiro atoms. The van der Waals surface area contributed by atoms with Gasteiger partial charge < -0.3 is 10.6 Å². The van der Waals surface area contributed by atoms with Gasteiger partial charge in [-0.3, -0.25) is 4.68 Å². The van der Waals surface area contributed by atoms with Gasteiger partial charge in [0.2, 0.25) is 0 Å². The van der Waals surface area contributed by atoms with Gasteiger partial charge in [-0.25, -0.2) is 0 Å². The van der Waals surface area contributed by atoms with Crippen LogP contribution in [-0.4, -0.2) is 28.4 Å². The average Bonchev–Trinajstić information content (AvgIpc) is 2.82. The average molecular weight is 272 g/mol. The minimum atomic E-state index is 0.166. The van der Waals surface area contributed by atoms with Gasteiger partial charge in [0, 0.05) is 24.8 Å². The van der Waals surface area contributed by atoms with Gasteiger partial charge in [-0.05, 0) is 26.3 Å². The van der Waals surface area contributed by atoms with Crippen LogP contribution in [0.1, 0.15) is 26.3 Å².